The van der Waals surface area contributed by atoms with Crippen molar-refractivity contribution in [2.24, 2.45) is 11.8 Å². The van der Waals surface area contributed by atoms with Crippen molar-refractivity contribution in [2.45, 2.75) is 29.1 Å². The predicted molar refractivity (Wildman–Crippen MR) is 88.6 cm³/mol. The zero-order valence-corrected chi connectivity index (χ0v) is 14.7. The number of likely N-dealkylation sites (tertiary alicyclic amines) is 1. The molecule has 1 N–H and O–H groups in total. The van der Waals surface area contributed by atoms with Crippen LogP contribution >= 0.6 is 0 Å². The van der Waals surface area contributed by atoms with Crippen LogP contribution in [0.4, 0.5) is 0 Å². The molecule has 1 saturated heterocycles. The molecule has 2 fully saturated rings. The summed E-state index contributed by atoms with van der Waals surface area (Å²) in [5.41, 5.74) is 0. The van der Waals surface area contributed by atoms with Crippen molar-refractivity contribution in [2.75, 3.05) is 20.2 Å². The molecule has 1 aromatic carbocycles. The lowest BCUT2D eigenvalue weighted by atomic mass is 9.93. The first kappa shape index (κ1) is 17.9. The van der Waals surface area contributed by atoms with Gasteiger partial charge in [-0.25, -0.2) is 8.42 Å². The normalized spacial score (nSPS) is 27.1. The SMILES string of the molecule is COC1CN(C(=O)[C@@H]2C[C@@H](S(=O)(=O)c3ccccc3)C[C@H]2C(=O)O)C1. The Morgan fingerprint density at radius 1 is 1.12 bits per heavy atom. The first-order chi connectivity index (χ1) is 11.8. The van der Waals surface area contributed by atoms with E-state index in [4.69, 9.17) is 4.74 Å². The fraction of sp³-hybridized carbons (Fsp3) is 0.529. The van der Waals surface area contributed by atoms with Gasteiger partial charge < -0.3 is 14.7 Å². The van der Waals surface area contributed by atoms with Crippen molar-refractivity contribution in [3.63, 3.8) is 0 Å². The number of carboxylic acid groups (broad SMARTS) is 1. The largest absolute Gasteiger partial charge is 0.481 e. The molecule has 136 valence electrons. The number of ether oxygens (including phenoxy) is 1. The fourth-order valence-corrected chi connectivity index (χ4v) is 5.44. The second-order valence-electron chi connectivity index (χ2n) is 6.60. The molecule has 0 unspecified atom stereocenters. The molecule has 1 heterocycles. The lowest BCUT2D eigenvalue weighted by Crippen LogP contribution is -2.56. The van der Waals surface area contributed by atoms with Crippen LogP contribution in [0.15, 0.2) is 35.2 Å². The van der Waals surface area contributed by atoms with Crippen molar-refractivity contribution < 1.29 is 27.9 Å². The minimum atomic E-state index is -3.66. The van der Waals surface area contributed by atoms with Crippen molar-refractivity contribution in [1.82, 2.24) is 4.90 Å². The van der Waals surface area contributed by atoms with Gasteiger partial charge in [0.1, 0.15) is 0 Å². The van der Waals surface area contributed by atoms with Gasteiger partial charge in [0.2, 0.25) is 5.91 Å². The van der Waals surface area contributed by atoms with Crippen LogP contribution in [0.2, 0.25) is 0 Å². The third-order valence-electron chi connectivity index (χ3n) is 5.16. The average molecular weight is 367 g/mol. The van der Waals surface area contributed by atoms with Gasteiger partial charge in [0.25, 0.3) is 0 Å². The molecule has 8 heteroatoms. The number of hydrogen-bond donors (Lipinski definition) is 1. The molecule has 1 aromatic rings. The van der Waals surface area contributed by atoms with Gasteiger partial charge in [0.15, 0.2) is 9.84 Å². The van der Waals surface area contributed by atoms with Gasteiger partial charge in [-0.2, -0.15) is 0 Å². The van der Waals surface area contributed by atoms with E-state index < -0.39 is 32.9 Å². The Morgan fingerprint density at radius 2 is 1.72 bits per heavy atom. The van der Waals surface area contributed by atoms with E-state index in [1.165, 1.54) is 12.1 Å². The number of methoxy groups -OCH3 is 1. The Kier molecular flexibility index (Phi) is 4.83. The topological polar surface area (TPSA) is 101 Å². The Balaban J connectivity index is 1.79. The number of aliphatic carboxylic acids is 1. The summed E-state index contributed by atoms with van der Waals surface area (Å²) in [7, 11) is -2.10. The standard InChI is InChI=1S/C17H21NO6S/c1-24-11-9-18(10-11)16(19)14-7-13(8-15(14)17(20)21)25(22,23)12-5-3-2-4-6-12/h2-6,11,13-15H,7-10H2,1H3,(H,20,21)/t13-,14-,15-/m1/s1. The van der Waals surface area contributed by atoms with Crippen LogP contribution < -0.4 is 0 Å². The number of sulfone groups is 1. The molecule has 7 nitrogen and oxygen atoms in total. The smallest absolute Gasteiger partial charge is 0.307 e. The molecule has 1 amide bonds. The first-order valence-corrected chi connectivity index (χ1v) is 9.72. The van der Waals surface area contributed by atoms with Gasteiger partial charge >= 0.3 is 5.97 Å². The molecule has 3 rings (SSSR count). The van der Waals surface area contributed by atoms with Gasteiger partial charge in [-0.1, -0.05) is 18.2 Å². The van der Waals surface area contributed by atoms with Gasteiger partial charge in [-0.05, 0) is 25.0 Å². The molecule has 0 bridgehead atoms. The van der Waals surface area contributed by atoms with E-state index in [1.54, 1.807) is 30.2 Å². The van der Waals surface area contributed by atoms with Gasteiger partial charge in [0, 0.05) is 20.2 Å². The van der Waals surface area contributed by atoms with E-state index in [1.807, 2.05) is 0 Å². The van der Waals surface area contributed by atoms with Crippen molar-refractivity contribution in [1.29, 1.82) is 0 Å². The summed E-state index contributed by atoms with van der Waals surface area (Å²) >= 11 is 0. The number of hydrogen-bond acceptors (Lipinski definition) is 5. The lowest BCUT2D eigenvalue weighted by molar-refractivity contribution is -0.155. The van der Waals surface area contributed by atoms with Crippen LogP contribution in [0.3, 0.4) is 0 Å². The highest BCUT2D eigenvalue weighted by atomic mass is 32.2. The maximum atomic E-state index is 12.8. The summed E-state index contributed by atoms with van der Waals surface area (Å²) in [6, 6.07) is 7.97. The third kappa shape index (κ3) is 3.28. The zero-order valence-electron chi connectivity index (χ0n) is 13.9. The van der Waals surface area contributed by atoms with Crippen LogP contribution in [0, 0.1) is 11.8 Å². The fourth-order valence-electron chi connectivity index (χ4n) is 3.59. The highest BCUT2D eigenvalue weighted by Crippen LogP contribution is 2.40. The third-order valence-corrected chi connectivity index (χ3v) is 7.35. The number of nitrogens with zero attached hydrogens (tertiary/aromatic N) is 1. The van der Waals surface area contributed by atoms with E-state index in [2.05, 4.69) is 0 Å². The Morgan fingerprint density at radius 3 is 2.28 bits per heavy atom. The molecule has 1 aliphatic carbocycles. The maximum absolute atomic E-state index is 12.8. The second kappa shape index (κ2) is 6.76. The number of carbonyl (C=O) groups is 2. The molecular formula is C17H21NO6S. The second-order valence-corrected chi connectivity index (χ2v) is 8.83. The molecule has 1 aliphatic heterocycles. The van der Waals surface area contributed by atoms with Crippen LogP contribution in [0.25, 0.3) is 0 Å². The molecule has 1 saturated carbocycles. The number of carboxylic acids is 1. The van der Waals surface area contributed by atoms with Crippen LogP contribution in [0.5, 0.6) is 0 Å². The molecule has 3 atom stereocenters. The minimum absolute atomic E-state index is 0.0301. The molecule has 0 radical (unpaired) electrons. The Hall–Kier alpha value is -1.93. The summed E-state index contributed by atoms with van der Waals surface area (Å²) in [5, 5.41) is 8.61. The van der Waals surface area contributed by atoms with Crippen molar-refractivity contribution in [3.8, 4) is 0 Å². The quantitative estimate of drug-likeness (QED) is 0.826. The molecule has 25 heavy (non-hydrogen) atoms. The summed E-state index contributed by atoms with van der Waals surface area (Å²) in [6.07, 6.45) is -0.0245. The highest BCUT2D eigenvalue weighted by Gasteiger charge is 2.50. The zero-order chi connectivity index (χ0) is 18.2. The average Bonchev–Trinajstić information content (AvgIpc) is 3.01. The van der Waals surface area contributed by atoms with Crippen LogP contribution in [-0.2, 0) is 24.2 Å². The van der Waals surface area contributed by atoms with Crippen LogP contribution in [0.1, 0.15) is 12.8 Å². The van der Waals surface area contributed by atoms with Gasteiger partial charge in [-0.15, -0.1) is 0 Å². The minimum Gasteiger partial charge on any atom is -0.481 e. The van der Waals surface area contributed by atoms with E-state index >= 15 is 0 Å². The van der Waals surface area contributed by atoms with Crippen molar-refractivity contribution >= 4 is 21.7 Å². The molecule has 2 aliphatic rings. The van der Waals surface area contributed by atoms with E-state index in [-0.39, 0.29) is 29.7 Å². The first-order valence-electron chi connectivity index (χ1n) is 8.18. The Bertz CT molecular complexity index is 757. The molecular weight excluding hydrogens is 346 g/mol. The number of amides is 1. The van der Waals surface area contributed by atoms with Crippen molar-refractivity contribution in [3.05, 3.63) is 30.3 Å². The lowest BCUT2D eigenvalue weighted by Gasteiger charge is -2.40. The summed E-state index contributed by atoms with van der Waals surface area (Å²) in [5.74, 6) is -3.18. The summed E-state index contributed by atoms with van der Waals surface area (Å²) in [4.78, 5) is 25.9. The van der Waals surface area contributed by atoms with Gasteiger partial charge in [-0.3, -0.25) is 9.59 Å². The summed E-state index contributed by atoms with van der Waals surface area (Å²) < 4.78 is 30.7. The predicted octanol–water partition coefficient (Wildman–Crippen LogP) is 0.797. The number of benzene rings is 1. The maximum Gasteiger partial charge on any atom is 0.307 e. The Labute approximate surface area is 146 Å². The highest BCUT2D eigenvalue weighted by molar-refractivity contribution is 7.92. The molecule has 0 aromatic heterocycles. The molecule has 0 spiro atoms. The number of rotatable bonds is 5. The van der Waals surface area contributed by atoms with E-state index in [9.17, 15) is 23.1 Å². The monoisotopic (exact) mass is 367 g/mol. The number of carbonyl (C=O) groups excluding carboxylic acids is 1. The van der Waals surface area contributed by atoms with Crippen LogP contribution in [-0.4, -0.2) is 61.9 Å². The van der Waals surface area contributed by atoms with Gasteiger partial charge in [0.05, 0.1) is 28.1 Å². The van der Waals surface area contributed by atoms with E-state index in [0.29, 0.717) is 13.1 Å². The van der Waals surface area contributed by atoms with E-state index in [0.717, 1.165) is 0 Å². The summed E-state index contributed by atoms with van der Waals surface area (Å²) in [6.45, 7) is 0.850.